The predicted molar refractivity (Wildman–Crippen MR) is 93.3 cm³/mol. The van der Waals surface area contributed by atoms with E-state index in [4.69, 9.17) is 0 Å². The van der Waals surface area contributed by atoms with Crippen molar-refractivity contribution in [2.45, 2.75) is 6.54 Å². The highest BCUT2D eigenvalue weighted by Gasteiger charge is 2.11. The first kappa shape index (κ1) is 14.5. The third-order valence-corrected chi connectivity index (χ3v) is 4.46. The third kappa shape index (κ3) is 2.77. The number of hydrogen-bond acceptors (Lipinski definition) is 6. The number of rotatable bonds is 4. The number of benzene rings is 1. The lowest BCUT2D eigenvalue weighted by atomic mass is 10.2. The summed E-state index contributed by atoms with van der Waals surface area (Å²) in [5.74, 6) is 0.532. The van der Waals surface area contributed by atoms with Gasteiger partial charge in [-0.1, -0.05) is 41.7 Å². The van der Waals surface area contributed by atoms with Crippen LogP contribution in [0.15, 0.2) is 59.7 Å². The average Bonchev–Trinajstić information content (AvgIpc) is 3.17. The molecule has 0 aliphatic rings. The van der Waals surface area contributed by atoms with Gasteiger partial charge in [0.15, 0.2) is 5.82 Å². The van der Waals surface area contributed by atoms with E-state index in [2.05, 4.69) is 20.4 Å². The van der Waals surface area contributed by atoms with E-state index < -0.39 is 0 Å². The van der Waals surface area contributed by atoms with E-state index >= 15 is 0 Å². The Morgan fingerprint density at radius 3 is 2.67 bits per heavy atom. The van der Waals surface area contributed by atoms with Crippen LogP contribution in [0.4, 0.5) is 0 Å². The van der Waals surface area contributed by atoms with Gasteiger partial charge in [-0.2, -0.15) is 9.50 Å². The van der Waals surface area contributed by atoms with E-state index in [1.807, 2.05) is 42.5 Å². The number of nitrogens with one attached hydrogen (secondary N) is 1. The van der Waals surface area contributed by atoms with E-state index in [0.29, 0.717) is 21.9 Å². The minimum atomic E-state index is -0.164. The van der Waals surface area contributed by atoms with Crippen LogP contribution in [-0.4, -0.2) is 19.6 Å². The Kier molecular flexibility index (Phi) is 3.76. The van der Waals surface area contributed by atoms with Crippen molar-refractivity contribution in [2.24, 2.45) is 0 Å². The first-order valence-corrected chi connectivity index (χ1v) is 8.20. The van der Waals surface area contributed by atoms with Crippen LogP contribution in [0.25, 0.3) is 22.5 Å². The molecular formula is C17H13N5OS. The molecule has 4 aromatic rings. The first-order chi connectivity index (χ1) is 11.8. The second-order valence-corrected chi connectivity index (χ2v) is 6.16. The summed E-state index contributed by atoms with van der Waals surface area (Å²) in [4.78, 5) is 21.4. The van der Waals surface area contributed by atoms with E-state index in [1.165, 1.54) is 15.9 Å². The molecule has 0 saturated carbocycles. The quantitative estimate of drug-likeness (QED) is 0.611. The van der Waals surface area contributed by atoms with Gasteiger partial charge in [0.1, 0.15) is 4.53 Å². The second-order valence-electron chi connectivity index (χ2n) is 5.15. The van der Waals surface area contributed by atoms with Gasteiger partial charge < -0.3 is 5.32 Å². The van der Waals surface area contributed by atoms with Gasteiger partial charge in [0.2, 0.25) is 4.96 Å². The van der Waals surface area contributed by atoms with Gasteiger partial charge in [0.25, 0.3) is 5.56 Å². The normalized spacial score (nSPS) is 11.9. The molecule has 0 amide bonds. The topological polar surface area (TPSA) is 72.2 Å². The van der Waals surface area contributed by atoms with Gasteiger partial charge in [-0.3, -0.25) is 9.78 Å². The first-order valence-electron chi connectivity index (χ1n) is 7.39. The fourth-order valence-corrected chi connectivity index (χ4v) is 3.17. The molecule has 0 aliphatic heterocycles. The fourth-order valence-electron chi connectivity index (χ4n) is 2.31. The number of aromatic nitrogens is 4. The zero-order valence-electron chi connectivity index (χ0n) is 12.6. The number of fused-ring (bicyclic) bond motifs is 1. The molecule has 24 heavy (non-hydrogen) atoms. The third-order valence-electron chi connectivity index (χ3n) is 3.50. The molecule has 1 aromatic carbocycles. The largest absolute Gasteiger partial charge is 0.386 e. The molecule has 0 unspecified atom stereocenters. The van der Waals surface area contributed by atoms with Crippen LogP contribution >= 0.6 is 11.3 Å². The Labute approximate surface area is 141 Å². The molecule has 0 bridgehead atoms. The van der Waals surface area contributed by atoms with Crippen molar-refractivity contribution in [3.63, 3.8) is 0 Å². The highest BCUT2D eigenvalue weighted by molar-refractivity contribution is 7.15. The summed E-state index contributed by atoms with van der Waals surface area (Å²) in [6.45, 7) is 0.663. The number of pyridine rings is 1. The minimum Gasteiger partial charge on any atom is -0.386 e. The molecule has 1 N–H and O–H groups in total. The fraction of sp³-hybridized carbons (Fsp3) is 0.0588. The molecule has 3 heterocycles. The molecule has 0 aliphatic carbocycles. The Morgan fingerprint density at radius 2 is 1.92 bits per heavy atom. The van der Waals surface area contributed by atoms with Crippen LogP contribution in [0.3, 0.4) is 0 Å². The van der Waals surface area contributed by atoms with Crippen LogP contribution in [0.5, 0.6) is 0 Å². The van der Waals surface area contributed by atoms with Gasteiger partial charge >= 0.3 is 0 Å². The van der Waals surface area contributed by atoms with Gasteiger partial charge in [0.05, 0.1) is 0 Å². The molecular weight excluding hydrogens is 322 g/mol. The molecule has 0 fully saturated rings. The van der Waals surface area contributed by atoms with Crippen LogP contribution < -0.4 is 15.4 Å². The average molecular weight is 335 g/mol. The van der Waals surface area contributed by atoms with Crippen LogP contribution in [-0.2, 0) is 6.54 Å². The Hall–Kier alpha value is -3.06. The van der Waals surface area contributed by atoms with Crippen molar-refractivity contribution in [3.05, 3.63) is 75.3 Å². The van der Waals surface area contributed by atoms with Crippen molar-refractivity contribution in [2.75, 3.05) is 0 Å². The second kappa shape index (κ2) is 6.21. The number of hydrogen-bond donors (Lipinski definition) is 1. The minimum absolute atomic E-state index is 0.164. The van der Waals surface area contributed by atoms with E-state index in [9.17, 15) is 4.79 Å². The monoisotopic (exact) mass is 335 g/mol. The predicted octanol–water partition coefficient (Wildman–Crippen LogP) is 1.46. The summed E-state index contributed by atoms with van der Waals surface area (Å²) < 4.78 is 1.93. The van der Waals surface area contributed by atoms with Gasteiger partial charge in [-0.05, 0) is 17.7 Å². The molecule has 0 radical (unpaired) electrons. The molecule has 118 valence electrons. The number of nitrogens with zero attached hydrogens (tertiary/aromatic N) is 4. The molecule has 7 heteroatoms. The van der Waals surface area contributed by atoms with Crippen molar-refractivity contribution >= 4 is 22.5 Å². The van der Waals surface area contributed by atoms with Crippen LogP contribution in [0.2, 0.25) is 0 Å². The lowest BCUT2D eigenvalue weighted by Crippen LogP contribution is -2.26. The summed E-state index contributed by atoms with van der Waals surface area (Å²) in [6.07, 6.45) is 5.08. The summed E-state index contributed by atoms with van der Waals surface area (Å²) in [6, 6.07) is 13.6. The SMILES string of the molecule is O=c1/c(=C/NCc2ccccc2)sc2nc(-c3ccncc3)nn12. The summed E-state index contributed by atoms with van der Waals surface area (Å²) >= 11 is 1.32. The van der Waals surface area contributed by atoms with E-state index in [-0.39, 0.29) is 5.56 Å². The Balaban J connectivity index is 1.61. The smallest absolute Gasteiger partial charge is 0.292 e. The van der Waals surface area contributed by atoms with Crippen LogP contribution in [0, 0.1) is 0 Å². The van der Waals surface area contributed by atoms with Gasteiger partial charge in [-0.15, -0.1) is 5.10 Å². The van der Waals surface area contributed by atoms with Crippen molar-refractivity contribution < 1.29 is 0 Å². The maximum absolute atomic E-state index is 12.4. The maximum atomic E-state index is 12.4. The standard InChI is InChI=1S/C17H13N5OS/c23-16-14(11-19-10-12-4-2-1-3-5-12)24-17-20-15(21-22(16)17)13-6-8-18-9-7-13/h1-9,11,19H,10H2/b14-11-. The summed E-state index contributed by atoms with van der Waals surface area (Å²) in [5, 5.41) is 7.46. The van der Waals surface area contributed by atoms with Crippen molar-refractivity contribution in [1.82, 2.24) is 24.9 Å². The Morgan fingerprint density at radius 1 is 1.12 bits per heavy atom. The van der Waals surface area contributed by atoms with Gasteiger partial charge in [0, 0.05) is 30.7 Å². The lowest BCUT2D eigenvalue weighted by Gasteiger charge is -1.98. The summed E-state index contributed by atoms with van der Waals surface area (Å²) in [5.41, 5.74) is 1.83. The molecule has 6 nitrogen and oxygen atoms in total. The number of thiazole rings is 1. The zero-order chi connectivity index (χ0) is 16.4. The van der Waals surface area contributed by atoms with Crippen molar-refractivity contribution in [3.8, 4) is 11.4 Å². The van der Waals surface area contributed by atoms with Crippen molar-refractivity contribution in [1.29, 1.82) is 0 Å². The maximum Gasteiger partial charge on any atom is 0.292 e. The highest BCUT2D eigenvalue weighted by Crippen LogP contribution is 2.14. The van der Waals surface area contributed by atoms with E-state index in [1.54, 1.807) is 18.6 Å². The van der Waals surface area contributed by atoms with Crippen LogP contribution in [0.1, 0.15) is 5.56 Å². The van der Waals surface area contributed by atoms with Gasteiger partial charge in [-0.25, -0.2) is 0 Å². The summed E-state index contributed by atoms with van der Waals surface area (Å²) in [7, 11) is 0. The molecule has 4 rings (SSSR count). The molecule has 0 saturated heterocycles. The Bertz CT molecular complexity index is 1070. The van der Waals surface area contributed by atoms with E-state index in [0.717, 1.165) is 11.1 Å². The molecule has 0 spiro atoms. The molecule has 3 aromatic heterocycles. The zero-order valence-corrected chi connectivity index (χ0v) is 13.4. The molecule has 0 atom stereocenters. The lowest BCUT2D eigenvalue weighted by molar-refractivity contribution is 0.904. The highest BCUT2D eigenvalue weighted by atomic mass is 32.1.